The maximum Gasteiger partial charge on any atom is 0.335 e. The molecule has 2 aromatic rings. The molecule has 9 heteroatoms. The Morgan fingerprint density at radius 2 is 1.96 bits per heavy atom. The van der Waals surface area contributed by atoms with Crippen molar-refractivity contribution in [1.29, 1.82) is 5.26 Å². The molecule has 1 aliphatic heterocycles. The number of nitrogens with zero attached hydrogens (tertiary/aromatic N) is 3. The van der Waals surface area contributed by atoms with Crippen molar-refractivity contribution in [1.82, 2.24) is 15.6 Å². The fraction of sp³-hybridized carbons (Fsp3) is 0.133. The first-order valence-electron chi connectivity index (χ1n) is 6.75. The Morgan fingerprint density at radius 3 is 2.58 bits per heavy atom. The lowest BCUT2D eigenvalue weighted by Crippen LogP contribution is -2.31. The number of hydrogen-bond donors (Lipinski definition) is 3. The summed E-state index contributed by atoms with van der Waals surface area (Å²) in [4.78, 5) is 23.5. The summed E-state index contributed by atoms with van der Waals surface area (Å²) in [5.74, 6) is -3.88. The number of carboxylic acids is 2. The molecule has 1 atom stereocenters. The van der Waals surface area contributed by atoms with Crippen LogP contribution in [-0.2, 0) is 9.59 Å². The van der Waals surface area contributed by atoms with Gasteiger partial charge in [-0.3, -0.25) is 0 Å². The van der Waals surface area contributed by atoms with E-state index in [9.17, 15) is 25.1 Å². The first kappa shape index (κ1) is 15.2. The molecule has 0 amide bonds. The van der Waals surface area contributed by atoms with E-state index in [0.717, 1.165) is 0 Å². The molecule has 120 valence electrons. The van der Waals surface area contributed by atoms with Gasteiger partial charge in [-0.25, -0.2) is 14.2 Å². The van der Waals surface area contributed by atoms with Gasteiger partial charge in [0.25, 0.3) is 0 Å². The standard InChI is InChI=1S/C15H10N4O5/c1-6-10(14(20)21)11(12(15(22)23)9(5-16)17-6)7-3-2-4-8-13(7)19-24-18-8/h2-4,11,17H,1H3,(H,20,21)(H,22,23). The molecule has 1 aliphatic rings. The largest absolute Gasteiger partial charge is 0.478 e. The molecular formula is C15H10N4O5. The fourth-order valence-corrected chi connectivity index (χ4v) is 2.80. The van der Waals surface area contributed by atoms with Crippen LogP contribution in [0.1, 0.15) is 18.4 Å². The van der Waals surface area contributed by atoms with E-state index in [1.807, 2.05) is 0 Å². The van der Waals surface area contributed by atoms with E-state index in [4.69, 9.17) is 0 Å². The predicted octanol–water partition coefficient (Wildman–Crippen LogP) is 1.13. The van der Waals surface area contributed by atoms with E-state index >= 15 is 0 Å². The molecule has 24 heavy (non-hydrogen) atoms. The Balaban J connectivity index is 2.37. The SMILES string of the molecule is CC1=C(C(=O)O)C(c2cccc3nonc23)C(C(=O)O)=C(C#N)N1. The molecule has 3 rings (SSSR count). The maximum absolute atomic E-state index is 11.7. The highest BCUT2D eigenvalue weighted by molar-refractivity contribution is 6.00. The molecule has 0 bridgehead atoms. The van der Waals surface area contributed by atoms with Crippen molar-refractivity contribution in [2.75, 3.05) is 0 Å². The third-order valence-corrected chi connectivity index (χ3v) is 3.76. The fourth-order valence-electron chi connectivity index (χ4n) is 2.80. The molecule has 3 N–H and O–H groups in total. The number of carbonyl (C=O) groups is 2. The zero-order valence-corrected chi connectivity index (χ0v) is 12.3. The van der Waals surface area contributed by atoms with Crippen molar-refractivity contribution >= 4 is 23.0 Å². The van der Waals surface area contributed by atoms with Crippen LogP contribution in [0.15, 0.2) is 45.4 Å². The Bertz CT molecular complexity index is 979. The van der Waals surface area contributed by atoms with E-state index < -0.39 is 17.9 Å². The van der Waals surface area contributed by atoms with Crippen LogP contribution in [0.3, 0.4) is 0 Å². The van der Waals surface area contributed by atoms with Gasteiger partial charge in [-0.2, -0.15) is 5.26 Å². The Kier molecular flexibility index (Phi) is 3.50. The molecule has 0 radical (unpaired) electrons. The van der Waals surface area contributed by atoms with Gasteiger partial charge in [0, 0.05) is 5.70 Å². The minimum absolute atomic E-state index is 0.179. The van der Waals surface area contributed by atoms with E-state index in [1.54, 1.807) is 18.2 Å². The highest BCUT2D eigenvalue weighted by atomic mass is 16.6. The highest BCUT2D eigenvalue weighted by Gasteiger charge is 2.39. The number of aromatic nitrogens is 2. The second kappa shape index (κ2) is 5.51. The Hall–Kier alpha value is -3.67. The van der Waals surface area contributed by atoms with Crippen molar-refractivity contribution in [2.45, 2.75) is 12.8 Å². The van der Waals surface area contributed by atoms with Crippen LogP contribution < -0.4 is 5.32 Å². The number of hydrogen-bond acceptors (Lipinski definition) is 7. The number of carboxylic acid groups (broad SMARTS) is 2. The van der Waals surface area contributed by atoms with E-state index in [1.165, 1.54) is 13.0 Å². The van der Waals surface area contributed by atoms with Crippen LogP contribution in [0.5, 0.6) is 0 Å². The van der Waals surface area contributed by atoms with Gasteiger partial charge in [0.2, 0.25) is 0 Å². The van der Waals surface area contributed by atoms with E-state index in [-0.39, 0.29) is 33.6 Å². The van der Waals surface area contributed by atoms with Crippen LogP contribution in [0.2, 0.25) is 0 Å². The van der Waals surface area contributed by atoms with E-state index in [0.29, 0.717) is 5.52 Å². The van der Waals surface area contributed by atoms with Crippen molar-refractivity contribution < 1.29 is 24.4 Å². The lowest BCUT2D eigenvalue weighted by atomic mass is 9.80. The van der Waals surface area contributed by atoms with Gasteiger partial charge in [0.05, 0.1) is 17.1 Å². The summed E-state index contributed by atoms with van der Waals surface area (Å²) in [5, 5.41) is 38.3. The average Bonchev–Trinajstić information content (AvgIpc) is 3.01. The van der Waals surface area contributed by atoms with Crippen molar-refractivity contribution in [3.63, 3.8) is 0 Å². The van der Waals surface area contributed by atoms with Crippen molar-refractivity contribution in [3.8, 4) is 6.07 Å². The lowest BCUT2D eigenvalue weighted by Gasteiger charge is -2.27. The zero-order chi connectivity index (χ0) is 17.4. The predicted molar refractivity (Wildman–Crippen MR) is 78.3 cm³/mol. The summed E-state index contributed by atoms with van der Waals surface area (Å²) >= 11 is 0. The van der Waals surface area contributed by atoms with Gasteiger partial charge in [0.15, 0.2) is 0 Å². The van der Waals surface area contributed by atoms with Gasteiger partial charge in [-0.1, -0.05) is 12.1 Å². The third kappa shape index (κ3) is 2.17. The highest BCUT2D eigenvalue weighted by Crippen LogP contribution is 2.40. The molecule has 2 heterocycles. The monoisotopic (exact) mass is 326 g/mol. The number of aliphatic carboxylic acids is 2. The first-order chi connectivity index (χ1) is 11.5. The second-order valence-electron chi connectivity index (χ2n) is 5.09. The van der Waals surface area contributed by atoms with Gasteiger partial charge < -0.3 is 15.5 Å². The third-order valence-electron chi connectivity index (χ3n) is 3.76. The van der Waals surface area contributed by atoms with Gasteiger partial charge in [0.1, 0.15) is 22.8 Å². The zero-order valence-electron chi connectivity index (χ0n) is 12.3. The second-order valence-corrected chi connectivity index (χ2v) is 5.09. The number of allylic oxidation sites excluding steroid dienone is 2. The Labute approximate surface area is 134 Å². The molecule has 0 saturated carbocycles. The van der Waals surface area contributed by atoms with Crippen LogP contribution in [0.4, 0.5) is 0 Å². The summed E-state index contributed by atoms with van der Waals surface area (Å²) in [6.07, 6.45) is 0. The van der Waals surface area contributed by atoms with Gasteiger partial charge in [-0.15, -0.1) is 0 Å². The normalized spacial score (nSPS) is 17.6. The first-order valence-corrected chi connectivity index (χ1v) is 6.75. The van der Waals surface area contributed by atoms with Crippen LogP contribution in [0, 0.1) is 11.3 Å². The topological polar surface area (TPSA) is 149 Å². The molecular weight excluding hydrogens is 316 g/mol. The number of rotatable bonds is 3. The lowest BCUT2D eigenvalue weighted by molar-refractivity contribution is -0.133. The van der Waals surface area contributed by atoms with Gasteiger partial charge >= 0.3 is 11.9 Å². The number of fused-ring (bicyclic) bond motifs is 1. The molecule has 1 unspecified atom stereocenters. The summed E-state index contributed by atoms with van der Waals surface area (Å²) in [6, 6.07) is 6.49. The van der Waals surface area contributed by atoms with E-state index in [2.05, 4.69) is 20.3 Å². The summed E-state index contributed by atoms with van der Waals surface area (Å²) < 4.78 is 4.66. The van der Waals surface area contributed by atoms with Crippen LogP contribution in [0.25, 0.3) is 11.0 Å². The molecule has 0 saturated heterocycles. The van der Waals surface area contributed by atoms with Crippen molar-refractivity contribution in [3.05, 3.63) is 46.3 Å². The van der Waals surface area contributed by atoms with Crippen LogP contribution >= 0.6 is 0 Å². The minimum Gasteiger partial charge on any atom is -0.478 e. The quantitative estimate of drug-likeness (QED) is 0.754. The maximum atomic E-state index is 11.7. The molecule has 0 fully saturated rings. The summed E-state index contributed by atoms with van der Waals surface area (Å²) in [6.45, 7) is 1.47. The number of dihydropyridines is 1. The molecule has 9 nitrogen and oxygen atoms in total. The summed E-state index contributed by atoms with van der Waals surface area (Å²) in [5.41, 5.74) is 0.310. The Morgan fingerprint density at radius 1 is 1.25 bits per heavy atom. The van der Waals surface area contributed by atoms with Crippen LogP contribution in [-0.4, -0.2) is 32.5 Å². The summed E-state index contributed by atoms with van der Waals surface area (Å²) in [7, 11) is 0. The average molecular weight is 326 g/mol. The molecule has 1 aromatic heterocycles. The smallest absolute Gasteiger partial charge is 0.335 e. The van der Waals surface area contributed by atoms with Crippen molar-refractivity contribution in [2.24, 2.45) is 0 Å². The minimum atomic E-state index is -1.40. The molecule has 1 aromatic carbocycles. The molecule has 0 aliphatic carbocycles. The van der Waals surface area contributed by atoms with Gasteiger partial charge in [-0.05, 0) is 28.9 Å². The number of benzene rings is 1. The number of nitrogens with one attached hydrogen (secondary N) is 1. The number of nitriles is 1. The molecule has 0 spiro atoms.